The summed E-state index contributed by atoms with van der Waals surface area (Å²) in [5, 5.41) is 0. The SMILES string of the molecule is COC(=O)c1cc(C2CC2)c(OC2CCC(F)(F)CC2)cc1F. The zero-order valence-corrected chi connectivity index (χ0v) is 12.9. The second-order valence-corrected chi connectivity index (χ2v) is 6.31. The molecular weight excluding hydrogens is 309 g/mol. The van der Waals surface area contributed by atoms with E-state index in [9.17, 15) is 18.0 Å². The van der Waals surface area contributed by atoms with Crippen LogP contribution in [0.4, 0.5) is 13.2 Å². The molecule has 0 radical (unpaired) electrons. The highest BCUT2D eigenvalue weighted by Gasteiger charge is 2.37. The number of carbonyl (C=O) groups excluding carboxylic acids is 1. The molecule has 2 fully saturated rings. The van der Waals surface area contributed by atoms with E-state index in [1.54, 1.807) is 0 Å². The summed E-state index contributed by atoms with van der Waals surface area (Å²) in [5.41, 5.74) is 0.654. The molecule has 0 bridgehead atoms. The van der Waals surface area contributed by atoms with Gasteiger partial charge in [-0.05, 0) is 43.2 Å². The van der Waals surface area contributed by atoms with Crippen LogP contribution >= 0.6 is 0 Å². The summed E-state index contributed by atoms with van der Waals surface area (Å²) in [5.74, 6) is -3.46. The number of hydrogen-bond acceptors (Lipinski definition) is 3. The average Bonchev–Trinajstić information content (AvgIpc) is 3.33. The molecule has 1 aromatic carbocycles. The van der Waals surface area contributed by atoms with E-state index in [1.165, 1.54) is 19.2 Å². The van der Waals surface area contributed by atoms with Gasteiger partial charge < -0.3 is 9.47 Å². The van der Waals surface area contributed by atoms with Crippen molar-refractivity contribution in [1.82, 2.24) is 0 Å². The Balaban J connectivity index is 1.81. The molecule has 0 saturated heterocycles. The van der Waals surface area contributed by atoms with Crippen molar-refractivity contribution in [2.75, 3.05) is 7.11 Å². The highest BCUT2D eigenvalue weighted by atomic mass is 19.3. The van der Waals surface area contributed by atoms with Gasteiger partial charge in [0, 0.05) is 18.9 Å². The Kier molecular flexibility index (Phi) is 4.25. The number of halogens is 3. The number of alkyl halides is 2. The third-order valence-electron chi connectivity index (χ3n) is 4.48. The van der Waals surface area contributed by atoms with Gasteiger partial charge in [-0.1, -0.05) is 0 Å². The Morgan fingerprint density at radius 2 is 1.83 bits per heavy atom. The van der Waals surface area contributed by atoms with E-state index in [0.717, 1.165) is 18.4 Å². The number of esters is 1. The van der Waals surface area contributed by atoms with Crippen LogP contribution in [-0.4, -0.2) is 25.1 Å². The molecule has 0 spiro atoms. The zero-order chi connectivity index (χ0) is 16.6. The molecule has 23 heavy (non-hydrogen) atoms. The van der Waals surface area contributed by atoms with E-state index in [4.69, 9.17) is 4.74 Å². The molecule has 2 aliphatic rings. The fourth-order valence-corrected chi connectivity index (χ4v) is 2.96. The predicted molar refractivity (Wildman–Crippen MR) is 77.5 cm³/mol. The lowest BCUT2D eigenvalue weighted by Crippen LogP contribution is -2.31. The van der Waals surface area contributed by atoms with Crippen LogP contribution < -0.4 is 4.74 Å². The van der Waals surface area contributed by atoms with Gasteiger partial charge in [0.15, 0.2) is 0 Å². The first-order valence-electron chi connectivity index (χ1n) is 7.86. The Morgan fingerprint density at radius 1 is 1.17 bits per heavy atom. The van der Waals surface area contributed by atoms with Crippen LogP contribution in [0.5, 0.6) is 5.75 Å². The van der Waals surface area contributed by atoms with Gasteiger partial charge in [0.2, 0.25) is 5.92 Å². The van der Waals surface area contributed by atoms with Gasteiger partial charge in [0.1, 0.15) is 11.6 Å². The summed E-state index contributed by atoms with van der Waals surface area (Å²) in [4.78, 5) is 11.6. The van der Waals surface area contributed by atoms with Gasteiger partial charge in [0.25, 0.3) is 0 Å². The summed E-state index contributed by atoms with van der Waals surface area (Å²) < 4.78 is 50.9. The Hall–Kier alpha value is -1.72. The normalized spacial score (nSPS) is 21.0. The first-order valence-corrected chi connectivity index (χ1v) is 7.86. The quantitative estimate of drug-likeness (QED) is 0.766. The summed E-state index contributed by atoms with van der Waals surface area (Å²) in [6.45, 7) is 0. The van der Waals surface area contributed by atoms with Crippen LogP contribution in [0, 0.1) is 5.82 Å². The summed E-state index contributed by atoms with van der Waals surface area (Å²) in [6, 6.07) is 2.66. The monoisotopic (exact) mass is 328 g/mol. The lowest BCUT2D eigenvalue weighted by molar-refractivity contribution is -0.0583. The molecule has 6 heteroatoms. The number of methoxy groups -OCH3 is 1. The Labute approximate surface area is 132 Å². The van der Waals surface area contributed by atoms with Crippen molar-refractivity contribution >= 4 is 5.97 Å². The van der Waals surface area contributed by atoms with Crippen LogP contribution in [0.25, 0.3) is 0 Å². The molecule has 0 N–H and O–H groups in total. The highest BCUT2D eigenvalue weighted by Crippen LogP contribution is 2.46. The molecule has 3 rings (SSSR count). The maximum absolute atomic E-state index is 14.1. The van der Waals surface area contributed by atoms with Gasteiger partial charge >= 0.3 is 5.97 Å². The van der Waals surface area contributed by atoms with Crippen molar-refractivity contribution in [2.24, 2.45) is 0 Å². The first kappa shape index (κ1) is 16.1. The number of rotatable bonds is 4. The summed E-state index contributed by atoms with van der Waals surface area (Å²) in [6.07, 6.45) is 1.64. The zero-order valence-electron chi connectivity index (χ0n) is 12.9. The van der Waals surface area contributed by atoms with Crippen molar-refractivity contribution in [2.45, 2.75) is 56.5 Å². The van der Waals surface area contributed by atoms with Crippen LogP contribution in [0.1, 0.15) is 60.4 Å². The second-order valence-electron chi connectivity index (χ2n) is 6.31. The van der Waals surface area contributed by atoms with E-state index in [2.05, 4.69) is 4.74 Å². The lowest BCUT2D eigenvalue weighted by Gasteiger charge is -2.29. The molecule has 0 aromatic heterocycles. The molecule has 0 heterocycles. The topological polar surface area (TPSA) is 35.5 Å². The molecule has 3 nitrogen and oxygen atoms in total. The van der Waals surface area contributed by atoms with E-state index in [0.29, 0.717) is 5.75 Å². The fourth-order valence-electron chi connectivity index (χ4n) is 2.96. The molecular formula is C17H19F3O3. The average molecular weight is 328 g/mol. The lowest BCUT2D eigenvalue weighted by atomic mass is 9.94. The largest absolute Gasteiger partial charge is 0.490 e. The van der Waals surface area contributed by atoms with Gasteiger partial charge in [-0.3, -0.25) is 0 Å². The van der Waals surface area contributed by atoms with Crippen LogP contribution in [0.15, 0.2) is 12.1 Å². The third kappa shape index (κ3) is 3.62. The van der Waals surface area contributed by atoms with Gasteiger partial charge in [-0.2, -0.15) is 0 Å². The molecule has 1 aromatic rings. The maximum atomic E-state index is 14.1. The summed E-state index contributed by atoms with van der Waals surface area (Å²) in [7, 11) is 1.20. The van der Waals surface area contributed by atoms with Crippen LogP contribution in [0.2, 0.25) is 0 Å². The molecule has 0 unspecified atom stereocenters. The molecule has 0 amide bonds. The van der Waals surface area contributed by atoms with E-state index >= 15 is 0 Å². The van der Waals surface area contributed by atoms with Crippen molar-refractivity contribution < 1.29 is 27.4 Å². The van der Waals surface area contributed by atoms with E-state index in [-0.39, 0.29) is 43.3 Å². The first-order chi connectivity index (χ1) is 10.9. The van der Waals surface area contributed by atoms with E-state index in [1.807, 2.05) is 0 Å². The number of hydrogen-bond donors (Lipinski definition) is 0. The Bertz CT molecular complexity index is 601. The second kappa shape index (κ2) is 6.06. The van der Waals surface area contributed by atoms with Crippen LogP contribution in [-0.2, 0) is 4.74 Å². The minimum Gasteiger partial charge on any atom is -0.490 e. The highest BCUT2D eigenvalue weighted by molar-refractivity contribution is 5.90. The molecule has 2 saturated carbocycles. The maximum Gasteiger partial charge on any atom is 0.340 e. The smallest absolute Gasteiger partial charge is 0.340 e. The predicted octanol–water partition coefficient (Wildman–Crippen LogP) is 4.45. The molecule has 0 atom stereocenters. The number of carbonyl (C=O) groups is 1. The number of benzene rings is 1. The van der Waals surface area contributed by atoms with Crippen molar-refractivity contribution in [1.29, 1.82) is 0 Å². The van der Waals surface area contributed by atoms with Gasteiger partial charge in [-0.25, -0.2) is 18.0 Å². The van der Waals surface area contributed by atoms with E-state index < -0.39 is 17.7 Å². The van der Waals surface area contributed by atoms with Gasteiger partial charge in [-0.15, -0.1) is 0 Å². The third-order valence-corrected chi connectivity index (χ3v) is 4.48. The minimum atomic E-state index is -2.63. The Morgan fingerprint density at radius 3 is 2.39 bits per heavy atom. The fraction of sp³-hybridized carbons (Fsp3) is 0.588. The molecule has 0 aliphatic heterocycles. The van der Waals surface area contributed by atoms with Crippen LogP contribution in [0.3, 0.4) is 0 Å². The van der Waals surface area contributed by atoms with Crippen molar-refractivity contribution in [3.05, 3.63) is 29.1 Å². The van der Waals surface area contributed by atoms with Gasteiger partial charge in [0.05, 0.1) is 18.8 Å². The molecule has 2 aliphatic carbocycles. The molecule has 126 valence electrons. The van der Waals surface area contributed by atoms with Crippen molar-refractivity contribution in [3.63, 3.8) is 0 Å². The standard InChI is InChI=1S/C17H19F3O3/c1-22-16(21)13-8-12(10-2-3-10)15(9-14(13)18)23-11-4-6-17(19,20)7-5-11/h8-11H,2-7H2,1H3. The minimum absolute atomic E-state index is 0.114. The summed E-state index contributed by atoms with van der Waals surface area (Å²) >= 11 is 0. The van der Waals surface area contributed by atoms with Crippen molar-refractivity contribution in [3.8, 4) is 5.75 Å². The number of ether oxygens (including phenoxy) is 2.